The lowest BCUT2D eigenvalue weighted by molar-refractivity contribution is 0.102. The zero-order valence-corrected chi connectivity index (χ0v) is 16.7. The molecule has 1 aliphatic heterocycles. The Labute approximate surface area is 168 Å². The van der Waals surface area contributed by atoms with Crippen LogP contribution in [-0.4, -0.2) is 34.2 Å². The number of piperidine rings is 1. The number of amides is 1. The summed E-state index contributed by atoms with van der Waals surface area (Å²) in [6.45, 7) is 3.89. The first kappa shape index (κ1) is 18.6. The van der Waals surface area contributed by atoms with Crippen molar-refractivity contribution in [1.82, 2.24) is 15.2 Å². The molecule has 7 heteroatoms. The Balaban J connectivity index is 1.31. The minimum absolute atomic E-state index is 0.282. The average Bonchev–Trinajstić information content (AvgIpc) is 3.14. The fraction of sp³-hybridized carbons (Fsp3) is 0.333. The fourth-order valence-electron chi connectivity index (χ4n) is 3.50. The number of thiazole rings is 1. The van der Waals surface area contributed by atoms with Crippen molar-refractivity contribution >= 4 is 28.2 Å². The first-order valence-electron chi connectivity index (χ1n) is 9.54. The van der Waals surface area contributed by atoms with Gasteiger partial charge in [0.15, 0.2) is 16.6 Å². The van der Waals surface area contributed by atoms with Gasteiger partial charge in [-0.25, -0.2) is 4.98 Å². The molecule has 1 fully saturated rings. The number of carbonyl (C=O) groups excluding carboxylic acids is 1. The second-order valence-electron chi connectivity index (χ2n) is 7.13. The third-order valence-electron chi connectivity index (χ3n) is 5.03. The number of hydrogen-bond acceptors (Lipinski definition) is 6. The van der Waals surface area contributed by atoms with Gasteiger partial charge in [0.2, 0.25) is 0 Å². The number of carbonyl (C=O) groups is 1. The quantitative estimate of drug-likeness (QED) is 0.711. The molecule has 0 saturated carbocycles. The van der Waals surface area contributed by atoms with Crippen LogP contribution >= 0.6 is 11.3 Å². The van der Waals surface area contributed by atoms with Crippen molar-refractivity contribution in [3.05, 3.63) is 64.8 Å². The number of aryl methyl sites for hydroxylation is 1. The Kier molecular flexibility index (Phi) is 5.62. The monoisotopic (exact) mass is 393 g/mol. The highest BCUT2D eigenvalue weighted by Crippen LogP contribution is 2.24. The van der Waals surface area contributed by atoms with E-state index in [4.69, 9.17) is 0 Å². The highest BCUT2D eigenvalue weighted by atomic mass is 32.1. The molecule has 4 rings (SSSR count). The smallest absolute Gasteiger partial charge is 0.277 e. The van der Waals surface area contributed by atoms with Crippen LogP contribution in [0.2, 0.25) is 0 Å². The minimum atomic E-state index is -0.282. The van der Waals surface area contributed by atoms with Gasteiger partial charge in [0.25, 0.3) is 5.91 Å². The zero-order valence-electron chi connectivity index (χ0n) is 15.8. The standard InChI is InChI=1S/C21H23N5OS/c1-15-14-22-21(28-15)23-20(27)18-7-8-19(25-24-18)26-11-9-17(10-12-26)13-16-5-3-2-4-6-16/h2-8,14,17H,9-13H2,1H3,(H,22,23,27). The van der Waals surface area contributed by atoms with Gasteiger partial charge >= 0.3 is 0 Å². The third-order valence-corrected chi connectivity index (χ3v) is 5.86. The van der Waals surface area contributed by atoms with E-state index in [0.29, 0.717) is 16.7 Å². The van der Waals surface area contributed by atoms with E-state index in [9.17, 15) is 4.79 Å². The Morgan fingerprint density at radius 3 is 2.57 bits per heavy atom. The molecule has 6 nitrogen and oxygen atoms in total. The maximum absolute atomic E-state index is 12.3. The normalized spacial score (nSPS) is 14.8. The van der Waals surface area contributed by atoms with Crippen molar-refractivity contribution in [3.8, 4) is 0 Å². The maximum Gasteiger partial charge on any atom is 0.277 e. The first-order chi connectivity index (χ1) is 13.7. The largest absolute Gasteiger partial charge is 0.355 e. The molecule has 1 aromatic carbocycles. The summed E-state index contributed by atoms with van der Waals surface area (Å²) in [7, 11) is 0. The third kappa shape index (κ3) is 4.54. The topological polar surface area (TPSA) is 71.0 Å². The lowest BCUT2D eigenvalue weighted by atomic mass is 9.90. The zero-order chi connectivity index (χ0) is 19.3. The molecule has 28 heavy (non-hydrogen) atoms. The van der Waals surface area contributed by atoms with Crippen molar-refractivity contribution in [2.24, 2.45) is 5.92 Å². The van der Waals surface area contributed by atoms with Gasteiger partial charge in [-0.2, -0.15) is 0 Å². The molecule has 0 radical (unpaired) electrons. The van der Waals surface area contributed by atoms with E-state index in [1.807, 2.05) is 13.0 Å². The van der Waals surface area contributed by atoms with Crippen molar-refractivity contribution in [3.63, 3.8) is 0 Å². The SMILES string of the molecule is Cc1cnc(NC(=O)c2ccc(N3CCC(Cc4ccccc4)CC3)nn2)s1. The van der Waals surface area contributed by atoms with E-state index in [-0.39, 0.29) is 5.91 Å². The second kappa shape index (κ2) is 8.48. The highest BCUT2D eigenvalue weighted by molar-refractivity contribution is 7.15. The number of nitrogens with one attached hydrogen (secondary N) is 1. The highest BCUT2D eigenvalue weighted by Gasteiger charge is 2.21. The summed E-state index contributed by atoms with van der Waals surface area (Å²) in [5.41, 5.74) is 1.71. The Bertz CT molecular complexity index is 917. The van der Waals surface area contributed by atoms with Crippen LogP contribution < -0.4 is 10.2 Å². The summed E-state index contributed by atoms with van der Waals surface area (Å²) < 4.78 is 0. The van der Waals surface area contributed by atoms with Crippen LogP contribution in [0.3, 0.4) is 0 Å². The van der Waals surface area contributed by atoms with Gasteiger partial charge in [0.05, 0.1) is 0 Å². The lowest BCUT2D eigenvalue weighted by Crippen LogP contribution is -2.35. The molecule has 1 amide bonds. The summed E-state index contributed by atoms with van der Waals surface area (Å²) in [5, 5.41) is 11.7. The number of rotatable bonds is 5. The van der Waals surface area contributed by atoms with Crippen molar-refractivity contribution in [2.75, 3.05) is 23.3 Å². The summed E-state index contributed by atoms with van der Waals surface area (Å²) >= 11 is 1.44. The molecule has 0 spiro atoms. The summed E-state index contributed by atoms with van der Waals surface area (Å²) in [5.74, 6) is 1.26. The molecule has 1 saturated heterocycles. The maximum atomic E-state index is 12.3. The molecule has 1 N–H and O–H groups in total. The molecular weight excluding hydrogens is 370 g/mol. The van der Waals surface area contributed by atoms with E-state index in [1.54, 1.807) is 12.3 Å². The van der Waals surface area contributed by atoms with Crippen LogP contribution in [0.25, 0.3) is 0 Å². The lowest BCUT2D eigenvalue weighted by Gasteiger charge is -2.32. The van der Waals surface area contributed by atoms with Gasteiger partial charge < -0.3 is 4.90 Å². The van der Waals surface area contributed by atoms with Gasteiger partial charge in [0.1, 0.15) is 0 Å². The van der Waals surface area contributed by atoms with Crippen LogP contribution in [0.1, 0.15) is 33.8 Å². The van der Waals surface area contributed by atoms with Crippen LogP contribution in [-0.2, 0) is 6.42 Å². The molecule has 3 heterocycles. The predicted molar refractivity (Wildman–Crippen MR) is 112 cm³/mol. The molecule has 3 aromatic rings. The molecule has 2 aromatic heterocycles. The number of anilines is 2. The van der Waals surface area contributed by atoms with Gasteiger partial charge in [-0.1, -0.05) is 30.3 Å². The van der Waals surface area contributed by atoms with Crippen LogP contribution in [0.5, 0.6) is 0 Å². The summed E-state index contributed by atoms with van der Waals surface area (Å²) in [6.07, 6.45) is 5.15. The Hall–Kier alpha value is -2.80. The molecule has 1 aliphatic rings. The summed E-state index contributed by atoms with van der Waals surface area (Å²) in [6, 6.07) is 14.3. The molecule has 0 unspecified atom stereocenters. The van der Waals surface area contributed by atoms with E-state index in [2.05, 4.69) is 55.7 Å². The van der Waals surface area contributed by atoms with Crippen molar-refractivity contribution in [2.45, 2.75) is 26.2 Å². The van der Waals surface area contributed by atoms with Crippen molar-refractivity contribution in [1.29, 1.82) is 0 Å². The molecule has 0 atom stereocenters. The number of benzene rings is 1. The van der Waals surface area contributed by atoms with E-state index < -0.39 is 0 Å². The average molecular weight is 394 g/mol. The van der Waals surface area contributed by atoms with E-state index in [1.165, 1.54) is 16.9 Å². The van der Waals surface area contributed by atoms with Gasteiger partial charge in [0, 0.05) is 24.2 Å². The van der Waals surface area contributed by atoms with Crippen LogP contribution in [0, 0.1) is 12.8 Å². The summed E-state index contributed by atoms with van der Waals surface area (Å²) in [4.78, 5) is 19.7. The molecule has 0 bridgehead atoms. The van der Waals surface area contributed by atoms with Gasteiger partial charge in [-0.15, -0.1) is 21.5 Å². The van der Waals surface area contributed by atoms with Gasteiger partial charge in [-0.05, 0) is 49.8 Å². The Morgan fingerprint density at radius 1 is 1.14 bits per heavy atom. The minimum Gasteiger partial charge on any atom is -0.355 e. The van der Waals surface area contributed by atoms with Crippen molar-refractivity contribution < 1.29 is 4.79 Å². The van der Waals surface area contributed by atoms with Crippen LogP contribution in [0.4, 0.5) is 10.9 Å². The van der Waals surface area contributed by atoms with Crippen LogP contribution in [0.15, 0.2) is 48.7 Å². The molecular formula is C21H23N5OS. The first-order valence-corrected chi connectivity index (χ1v) is 10.4. The van der Waals surface area contributed by atoms with E-state index >= 15 is 0 Å². The second-order valence-corrected chi connectivity index (χ2v) is 8.36. The predicted octanol–water partition coefficient (Wildman–Crippen LogP) is 3.95. The van der Waals surface area contributed by atoms with Gasteiger partial charge in [-0.3, -0.25) is 10.1 Å². The molecule has 144 valence electrons. The Morgan fingerprint density at radius 2 is 1.93 bits per heavy atom. The number of hydrogen-bond donors (Lipinski definition) is 1. The fourth-order valence-corrected chi connectivity index (χ4v) is 4.16. The number of nitrogens with zero attached hydrogens (tertiary/aromatic N) is 4. The molecule has 0 aliphatic carbocycles. The van der Waals surface area contributed by atoms with E-state index in [0.717, 1.165) is 43.0 Å². The number of aromatic nitrogens is 3.